The van der Waals surface area contributed by atoms with Crippen molar-refractivity contribution in [3.63, 3.8) is 0 Å². The average molecular weight is 506 g/mol. The summed E-state index contributed by atoms with van der Waals surface area (Å²) < 4.78 is 41.6. The van der Waals surface area contributed by atoms with Crippen molar-refractivity contribution in [1.82, 2.24) is 9.13 Å². The van der Waals surface area contributed by atoms with Gasteiger partial charge in [-0.1, -0.05) is 41.0 Å². The molecule has 0 radical (unpaired) electrons. The Hall–Kier alpha value is -4.27. The molecule has 6 nitrogen and oxygen atoms in total. The van der Waals surface area contributed by atoms with Crippen LogP contribution in [0, 0.1) is 20.8 Å². The van der Waals surface area contributed by atoms with E-state index in [0.717, 1.165) is 38.0 Å². The Morgan fingerprint density at radius 2 is 0.892 bits per heavy atom. The Morgan fingerprint density at radius 3 is 1.27 bits per heavy atom. The first kappa shape index (κ1) is 24.4. The zero-order valence-corrected chi connectivity index (χ0v) is 20.2. The predicted molar refractivity (Wildman–Crippen MR) is 135 cm³/mol. The Kier molecular flexibility index (Phi) is 5.54. The molecule has 188 valence electrons. The lowest BCUT2D eigenvalue weighted by Gasteiger charge is -2.10. The number of alkyl halides is 3. The van der Waals surface area contributed by atoms with E-state index in [4.69, 9.17) is 0 Å². The fourth-order valence-electron chi connectivity index (χ4n) is 5.00. The van der Waals surface area contributed by atoms with E-state index in [1.807, 2.05) is 32.0 Å². The summed E-state index contributed by atoms with van der Waals surface area (Å²) in [6.45, 7) is 4.98. The Labute approximate surface area is 207 Å². The van der Waals surface area contributed by atoms with E-state index in [0.29, 0.717) is 5.56 Å². The quantitative estimate of drug-likeness (QED) is 0.370. The Balaban J connectivity index is 1.63. The summed E-state index contributed by atoms with van der Waals surface area (Å²) in [5, 5.41) is -0.0687. The highest BCUT2D eigenvalue weighted by atomic mass is 19.4. The van der Waals surface area contributed by atoms with Gasteiger partial charge in [-0.2, -0.15) is 13.2 Å². The molecule has 0 amide bonds. The number of fused-ring (bicyclic) bond motifs is 2. The molecule has 2 aromatic heterocycles. The lowest BCUT2D eigenvalue weighted by Crippen LogP contribution is -2.26. The minimum absolute atomic E-state index is 0.0195. The van der Waals surface area contributed by atoms with Gasteiger partial charge in [0.15, 0.2) is 0 Å². The van der Waals surface area contributed by atoms with E-state index in [9.17, 15) is 32.3 Å². The Morgan fingerprint density at radius 1 is 0.541 bits per heavy atom. The van der Waals surface area contributed by atoms with Gasteiger partial charge in [-0.3, -0.25) is 28.3 Å². The Bertz CT molecular complexity index is 1840. The van der Waals surface area contributed by atoms with Crippen LogP contribution in [0.25, 0.3) is 21.5 Å². The van der Waals surface area contributed by atoms with Gasteiger partial charge in [0, 0.05) is 0 Å². The van der Waals surface area contributed by atoms with Crippen molar-refractivity contribution in [2.75, 3.05) is 0 Å². The number of benzene rings is 3. The third-order valence-corrected chi connectivity index (χ3v) is 6.49. The molecule has 0 fully saturated rings. The molecule has 0 aliphatic carbocycles. The number of aromatic nitrogens is 2. The monoisotopic (exact) mass is 506 g/mol. The normalized spacial score (nSPS) is 12.2. The molecule has 5 rings (SSSR count). The van der Waals surface area contributed by atoms with E-state index < -0.39 is 34.0 Å². The molecular formula is C28H21F3N2O4. The van der Waals surface area contributed by atoms with Crippen molar-refractivity contribution in [3.05, 3.63) is 123 Å². The van der Waals surface area contributed by atoms with Gasteiger partial charge in [-0.05, 0) is 56.2 Å². The lowest BCUT2D eigenvalue weighted by atomic mass is 10.1. The number of hydrogen-bond donors (Lipinski definition) is 0. The second-order valence-corrected chi connectivity index (χ2v) is 9.54. The third kappa shape index (κ3) is 4.20. The maximum absolute atomic E-state index is 13.2. The minimum Gasteiger partial charge on any atom is -0.270 e. The zero-order chi connectivity index (χ0) is 26.8. The molecule has 0 aliphatic heterocycles. The van der Waals surface area contributed by atoms with Gasteiger partial charge < -0.3 is 0 Å². The third-order valence-electron chi connectivity index (χ3n) is 6.49. The minimum atomic E-state index is -4.58. The standard InChI is InChI=1S/C28H21F3N2O4/c1-14-4-15(2)6-17(5-14)12-32-24(34)20-10-22-23(11-21(20)25(32)35)27(37)33(26(22)36)13-18-7-16(3)8-19(9-18)28(29,30)31/h4-11H,12-13H2,1-3H3. The first-order chi connectivity index (χ1) is 17.3. The van der Waals surface area contributed by atoms with Crippen LogP contribution in [0.2, 0.25) is 0 Å². The van der Waals surface area contributed by atoms with Crippen molar-refractivity contribution in [3.8, 4) is 0 Å². The highest BCUT2D eigenvalue weighted by molar-refractivity contribution is 5.97. The van der Waals surface area contributed by atoms with Crippen molar-refractivity contribution in [2.24, 2.45) is 0 Å². The molecule has 3 aromatic carbocycles. The summed E-state index contributed by atoms with van der Waals surface area (Å²) in [4.78, 5) is 52.4. The smallest absolute Gasteiger partial charge is 0.270 e. The van der Waals surface area contributed by atoms with Crippen LogP contribution in [0.1, 0.15) is 33.4 Å². The van der Waals surface area contributed by atoms with Crippen LogP contribution in [-0.2, 0) is 19.3 Å². The molecule has 0 saturated heterocycles. The maximum atomic E-state index is 13.2. The molecule has 5 aromatic rings. The topological polar surface area (TPSA) is 78.1 Å². The number of nitrogens with zero attached hydrogens (tertiary/aromatic N) is 2. The molecule has 0 unspecified atom stereocenters. The van der Waals surface area contributed by atoms with E-state index in [-0.39, 0.29) is 40.2 Å². The summed E-state index contributed by atoms with van der Waals surface area (Å²) in [5.74, 6) is 0. The molecule has 0 spiro atoms. The SMILES string of the molecule is Cc1cc(C)cc(Cn2c(=O)c3cc4c(=O)n(Cc5cc(C)cc(C(F)(F)F)c5)c(=O)c4cc3c2=O)c1. The van der Waals surface area contributed by atoms with Gasteiger partial charge >= 0.3 is 6.18 Å². The van der Waals surface area contributed by atoms with Gasteiger partial charge in [-0.25, -0.2) is 0 Å². The first-order valence-corrected chi connectivity index (χ1v) is 11.5. The molecular weight excluding hydrogens is 485 g/mol. The number of aryl methyl sites for hydroxylation is 3. The summed E-state index contributed by atoms with van der Waals surface area (Å²) in [5.41, 5.74) is -0.273. The molecule has 0 bridgehead atoms. The summed E-state index contributed by atoms with van der Waals surface area (Å²) >= 11 is 0. The largest absolute Gasteiger partial charge is 0.416 e. The zero-order valence-electron chi connectivity index (χ0n) is 20.2. The van der Waals surface area contributed by atoms with Gasteiger partial charge in [-0.15, -0.1) is 0 Å². The van der Waals surface area contributed by atoms with Crippen molar-refractivity contribution >= 4 is 21.5 Å². The van der Waals surface area contributed by atoms with E-state index >= 15 is 0 Å². The first-order valence-electron chi connectivity index (χ1n) is 11.5. The molecule has 9 heteroatoms. The van der Waals surface area contributed by atoms with Crippen molar-refractivity contribution in [2.45, 2.75) is 40.0 Å². The van der Waals surface area contributed by atoms with Crippen LogP contribution in [-0.4, -0.2) is 9.13 Å². The number of rotatable bonds is 4. The fraction of sp³-hybridized carbons (Fsp3) is 0.214. The van der Waals surface area contributed by atoms with Crippen molar-refractivity contribution < 1.29 is 13.2 Å². The van der Waals surface area contributed by atoms with Gasteiger partial charge in [0.25, 0.3) is 22.2 Å². The van der Waals surface area contributed by atoms with E-state index in [1.54, 1.807) is 0 Å². The van der Waals surface area contributed by atoms with Crippen LogP contribution in [0.5, 0.6) is 0 Å². The fourth-order valence-corrected chi connectivity index (χ4v) is 5.00. The lowest BCUT2D eigenvalue weighted by molar-refractivity contribution is -0.137. The second kappa shape index (κ2) is 8.40. The van der Waals surface area contributed by atoms with Crippen LogP contribution >= 0.6 is 0 Å². The highest BCUT2D eigenvalue weighted by Gasteiger charge is 2.31. The van der Waals surface area contributed by atoms with Crippen molar-refractivity contribution in [1.29, 1.82) is 0 Å². The van der Waals surface area contributed by atoms with Crippen LogP contribution in [0.3, 0.4) is 0 Å². The average Bonchev–Trinajstić information content (AvgIpc) is 3.16. The van der Waals surface area contributed by atoms with Gasteiger partial charge in [0.1, 0.15) is 0 Å². The summed E-state index contributed by atoms with van der Waals surface area (Å²) in [6, 6.07) is 11.5. The van der Waals surface area contributed by atoms with Crippen LogP contribution in [0.4, 0.5) is 13.2 Å². The van der Waals surface area contributed by atoms with Gasteiger partial charge in [0.2, 0.25) is 0 Å². The summed E-state index contributed by atoms with van der Waals surface area (Å²) in [6.07, 6.45) is -4.58. The molecule has 0 N–H and O–H groups in total. The summed E-state index contributed by atoms with van der Waals surface area (Å²) in [7, 11) is 0. The second-order valence-electron chi connectivity index (χ2n) is 9.54. The van der Waals surface area contributed by atoms with Crippen LogP contribution < -0.4 is 22.2 Å². The van der Waals surface area contributed by atoms with Gasteiger partial charge in [0.05, 0.1) is 40.2 Å². The number of halogens is 3. The molecule has 0 atom stereocenters. The van der Waals surface area contributed by atoms with E-state index in [1.165, 1.54) is 25.1 Å². The number of hydrogen-bond acceptors (Lipinski definition) is 4. The molecule has 2 heterocycles. The predicted octanol–water partition coefficient (Wildman–Crippen LogP) is 3.95. The maximum Gasteiger partial charge on any atom is 0.416 e. The van der Waals surface area contributed by atoms with Crippen LogP contribution in [0.15, 0.2) is 67.7 Å². The molecule has 0 saturated carbocycles. The van der Waals surface area contributed by atoms with E-state index in [2.05, 4.69) is 0 Å². The molecule has 0 aliphatic rings. The molecule has 37 heavy (non-hydrogen) atoms. The highest BCUT2D eigenvalue weighted by Crippen LogP contribution is 2.30.